The maximum absolute atomic E-state index is 14.3. The summed E-state index contributed by atoms with van der Waals surface area (Å²) in [6.07, 6.45) is 4.93. The molecule has 2 aromatic heterocycles. The normalized spacial score (nSPS) is 15.7. The zero-order valence-corrected chi connectivity index (χ0v) is 23.8. The monoisotopic (exact) mass is 544 g/mol. The van der Waals surface area contributed by atoms with Gasteiger partial charge in [0.25, 0.3) is 5.56 Å². The average molecular weight is 545 g/mol. The van der Waals surface area contributed by atoms with Crippen LogP contribution in [-0.2, 0) is 13.0 Å². The van der Waals surface area contributed by atoms with E-state index in [9.17, 15) is 4.79 Å². The molecule has 3 aromatic carbocycles. The molecule has 6 nitrogen and oxygen atoms in total. The number of rotatable bonds is 8. The van der Waals surface area contributed by atoms with Crippen LogP contribution in [0.1, 0.15) is 32.3 Å². The molecule has 0 amide bonds. The Balaban J connectivity index is 1.48. The van der Waals surface area contributed by atoms with E-state index in [1.54, 1.807) is 6.20 Å². The molecule has 1 fully saturated rings. The minimum atomic E-state index is -0.0276. The Morgan fingerprint density at radius 3 is 2.51 bits per heavy atom. The van der Waals surface area contributed by atoms with E-state index in [-0.39, 0.29) is 5.56 Å². The van der Waals surface area contributed by atoms with Crippen LogP contribution in [0.4, 0.5) is 0 Å². The summed E-state index contributed by atoms with van der Waals surface area (Å²) in [4.78, 5) is 26.5. The van der Waals surface area contributed by atoms with Crippen LogP contribution in [0.25, 0.3) is 33.4 Å². The smallest absolute Gasteiger partial charge is 0.261 e. The summed E-state index contributed by atoms with van der Waals surface area (Å²) in [5.74, 6) is 2.08. The molecule has 1 aliphatic rings. The zero-order chi connectivity index (χ0) is 28.2. The number of piperidine rings is 1. The summed E-state index contributed by atoms with van der Waals surface area (Å²) in [6.45, 7) is 8.07. The van der Waals surface area contributed by atoms with Gasteiger partial charge in [0.05, 0.1) is 16.5 Å². The van der Waals surface area contributed by atoms with Gasteiger partial charge in [0.1, 0.15) is 11.6 Å². The van der Waals surface area contributed by atoms with Gasteiger partial charge in [-0.1, -0.05) is 62.4 Å². The van der Waals surface area contributed by atoms with Crippen LogP contribution in [0.5, 0.6) is 11.6 Å². The summed E-state index contributed by atoms with van der Waals surface area (Å²) in [6, 6.07) is 28.0. The standard InChI is InChI=1S/C35H36N4O2/c1-3-25-14-16-27(17-15-25)28-18-19-32-31(22-28)35(40)39(24-26-10-9-21-38(4-2)23-26)33(37-32)30-13-8-20-36-34(30)41-29-11-6-5-7-12-29/h5-8,11-20,22,26H,3-4,9-10,21,23-24H2,1-2H3. The predicted molar refractivity (Wildman–Crippen MR) is 165 cm³/mol. The van der Waals surface area contributed by atoms with E-state index in [1.165, 1.54) is 5.56 Å². The Bertz CT molecular complexity index is 1700. The van der Waals surface area contributed by atoms with Crippen LogP contribution >= 0.6 is 0 Å². The van der Waals surface area contributed by atoms with Crippen molar-refractivity contribution in [1.29, 1.82) is 0 Å². The lowest BCUT2D eigenvalue weighted by Gasteiger charge is -2.32. The molecule has 0 spiro atoms. The van der Waals surface area contributed by atoms with Crippen molar-refractivity contribution in [2.75, 3.05) is 19.6 Å². The first kappa shape index (κ1) is 26.9. The topological polar surface area (TPSA) is 60.3 Å². The van der Waals surface area contributed by atoms with Crippen molar-refractivity contribution in [3.8, 4) is 34.1 Å². The molecular weight excluding hydrogens is 508 g/mol. The predicted octanol–water partition coefficient (Wildman–Crippen LogP) is 7.21. The number of fused-ring (bicyclic) bond motifs is 1. The molecule has 1 aliphatic heterocycles. The van der Waals surface area contributed by atoms with E-state index in [0.29, 0.717) is 46.4 Å². The van der Waals surface area contributed by atoms with Crippen molar-refractivity contribution in [3.63, 3.8) is 0 Å². The molecule has 5 aromatic rings. The number of aromatic nitrogens is 3. The van der Waals surface area contributed by atoms with Crippen LogP contribution in [0.15, 0.2) is 95.9 Å². The maximum Gasteiger partial charge on any atom is 0.261 e. The van der Waals surface area contributed by atoms with Crippen LogP contribution in [0.3, 0.4) is 0 Å². The van der Waals surface area contributed by atoms with Crippen molar-refractivity contribution in [2.45, 2.75) is 39.7 Å². The van der Waals surface area contributed by atoms with Gasteiger partial charge in [-0.3, -0.25) is 9.36 Å². The van der Waals surface area contributed by atoms with Crippen molar-refractivity contribution in [3.05, 3.63) is 107 Å². The lowest BCUT2D eigenvalue weighted by atomic mass is 9.97. The number of ether oxygens (including phenoxy) is 1. The second-order valence-corrected chi connectivity index (χ2v) is 10.8. The van der Waals surface area contributed by atoms with E-state index in [2.05, 4.69) is 54.1 Å². The van der Waals surface area contributed by atoms with Crippen LogP contribution in [0.2, 0.25) is 0 Å². The Kier molecular flexibility index (Phi) is 7.92. The van der Waals surface area contributed by atoms with Gasteiger partial charge in [-0.2, -0.15) is 0 Å². The number of hydrogen-bond donors (Lipinski definition) is 0. The third-order valence-electron chi connectivity index (χ3n) is 8.11. The summed E-state index contributed by atoms with van der Waals surface area (Å²) in [5.41, 5.74) is 4.75. The average Bonchev–Trinajstić information content (AvgIpc) is 3.03. The number of likely N-dealkylation sites (tertiary alicyclic amines) is 1. The number of benzene rings is 3. The van der Waals surface area contributed by atoms with Crippen molar-refractivity contribution < 1.29 is 4.74 Å². The molecular formula is C35H36N4O2. The number of para-hydroxylation sites is 1. The van der Waals surface area contributed by atoms with Gasteiger partial charge >= 0.3 is 0 Å². The molecule has 0 aliphatic carbocycles. The van der Waals surface area contributed by atoms with Gasteiger partial charge in [-0.25, -0.2) is 9.97 Å². The third-order valence-corrected chi connectivity index (χ3v) is 8.11. The van der Waals surface area contributed by atoms with Crippen LogP contribution < -0.4 is 10.3 Å². The van der Waals surface area contributed by atoms with Gasteiger partial charge < -0.3 is 9.64 Å². The second kappa shape index (κ2) is 12.1. The van der Waals surface area contributed by atoms with Gasteiger partial charge in [0, 0.05) is 19.3 Å². The number of pyridine rings is 1. The fourth-order valence-electron chi connectivity index (χ4n) is 5.80. The molecule has 0 bridgehead atoms. The van der Waals surface area contributed by atoms with E-state index < -0.39 is 0 Å². The summed E-state index contributed by atoms with van der Waals surface area (Å²) in [7, 11) is 0. The highest BCUT2D eigenvalue weighted by Crippen LogP contribution is 2.32. The minimum absolute atomic E-state index is 0.0276. The SMILES string of the molecule is CCc1ccc(-c2ccc3nc(-c4cccnc4Oc4ccccc4)n(CC4CCCN(CC)C4)c(=O)c3c2)cc1. The Labute approximate surface area is 241 Å². The second-order valence-electron chi connectivity index (χ2n) is 10.8. The van der Waals surface area contributed by atoms with E-state index in [1.807, 2.05) is 59.2 Å². The first-order valence-electron chi connectivity index (χ1n) is 14.7. The lowest BCUT2D eigenvalue weighted by Crippen LogP contribution is -2.38. The molecule has 1 atom stereocenters. The van der Waals surface area contributed by atoms with Crippen molar-refractivity contribution in [2.24, 2.45) is 5.92 Å². The summed E-state index contributed by atoms with van der Waals surface area (Å²) in [5, 5.41) is 0.628. The first-order chi connectivity index (χ1) is 20.1. The third kappa shape index (κ3) is 5.79. The van der Waals surface area contributed by atoms with E-state index >= 15 is 0 Å². The Hall–Kier alpha value is -4.29. The first-order valence-corrected chi connectivity index (χ1v) is 14.7. The zero-order valence-electron chi connectivity index (χ0n) is 23.8. The molecule has 1 saturated heterocycles. The van der Waals surface area contributed by atoms with Crippen LogP contribution in [0, 0.1) is 5.92 Å². The molecule has 41 heavy (non-hydrogen) atoms. The molecule has 6 heteroatoms. The molecule has 208 valence electrons. The molecule has 0 saturated carbocycles. The summed E-state index contributed by atoms with van der Waals surface area (Å²) < 4.78 is 8.08. The molecule has 1 unspecified atom stereocenters. The van der Waals surface area contributed by atoms with Gasteiger partial charge in [-0.15, -0.1) is 0 Å². The summed E-state index contributed by atoms with van der Waals surface area (Å²) >= 11 is 0. The van der Waals surface area contributed by atoms with Crippen molar-refractivity contribution in [1.82, 2.24) is 19.4 Å². The van der Waals surface area contributed by atoms with Gasteiger partial charge in [0.15, 0.2) is 0 Å². The van der Waals surface area contributed by atoms with Gasteiger partial charge in [-0.05, 0) is 91.4 Å². The maximum atomic E-state index is 14.3. The Morgan fingerprint density at radius 2 is 1.73 bits per heavy atom. The number of hydrogen-bond acceptors (Lipinski definition) is 5. The minimum Gasteiger partial charge on any atom is -0.438 e. The highest BCUT2D eigenvalue weighted by molar-refractivity contribution is 5.85. The molecule has 3 heterocycles. The van der Waals surface area contributed by atoms with E-state index in [4.69, 9.17) is 9.72 Å². The lowest BCUT2D eigenvalue weighted by molar-refractivity contribution is 0.169. The fourth-order valence-corrected chi connectivity index (χ4v) is 5.80. The van der Waals surface area contributed by atoms with E-state index in [0.717, 1.165) is 50.0 Å². The van der Waals surface area contributed by atoms with Crippen molar-refractivity contribution >= 4 is 10.9 Å². The highest BCUT2D eigenvalue weighted by atomic mass is 16.5. The van der Waals surface area contributed by atoms with Gasteiger partial charge in [0.2, 0.25) is 5.88 Å². The highest BCUT2D eigenvalue weighted by Gasteiger charge is 2.24. The number of aryl methyl sites for hydroxylation is 1. The quantitative estimate of drug-likeness (QED) is 0.207. The fraction of sp³-hybridized carbons (Fsp3) is 0.286. The Morgan fingerprint density at radius 1 is 0.927 bits per heavy atom. The number of nitrogens with zero attached hydrogens (tertiary/aromatic N) is 4. The van der Waals surface area contributed by atoms with Crippen LogP contribution in [-0.4, -0.2) is 39.1 Å². The molecule has 0 N–H and O–H groups in total. The largest absolute Gasteiger partial charge is 0.438 e. The molecule has 6 rings (SSSR count). The molecule has 0 radical (unpaired) electrons.